The van der Waals surface area contributed by atoms with Gasteiger partial charge in [-0.25, -0.2) is 4.68 Å². The van der Waals surface area contributed by atoms with E-state index in [4.69, 9.17) is 15.3 Å². The van der Waals surface area contributed by atoms with Crippen molar-refractivity contribution < 1.29 is 9.47 Å². The lowest BCUT2D eigenvalue weighted by atomic mass is 10.1. The number of aromatic nitrogens is 3. The van der Waals surface area contributed by atoms with Gasteiger partial charge in [0.25, 0.3) is 0 Å². The van der Waals surface area contributed by atoms with Crippen molar-refractivity contribution in [1.82, 2.24) is 14.9 Å². The minimum absolute atomic E-state index is 0.581. The molecule has 2 aromatic rings. The molecule has 0 atom stereocenters. The van der Waals surface area contributed by atoms with Crippen LogP contribution in [0.15, 0.2) is 23.4 Å². The first kappa shape index (κ1) is 15.7. The van der Waals surface area contributed by atoms with E-state index in [2.05, 4.69) is 16.3 Å². The SMILES string of the molecule is COCCc1nnc(SCc2ccc(OC)c(C)c2)n1N. The number of ether oxygens (including phenoxy) is 2. The number of aryl methyl sites for hydroxylation is 1. The monoisotopic (exact) mass is 308 g/mol. The predicted octanol–water partition coefficient (Wildman–Crippen LogP) is 1.79. The number of hydrogen-bond acceptors (Lipinski definition) is 6. The number of rotatable bonds is 7. The summed E-state index contributed by atoms with van der Waals surface area (Å²) >= 11 is 1.56. The molecule has 0 aliphatic carbocycles. The van der Waals surface area contributed by atoms with Crippen molar-refractivity contribution >= 4 is 11.8 Å². The van der Waals surface area contributed by atoms with E-state index >= 15 is 0 Å². The van der Waals surface area contributed by atoms with Crippen molar-refractivity contribution in [2.75, 3.05) is 26.7 Å². The number of methoxy groups -OCH3 is 2. The fourth-order valence-electron chi connectivity index (χ4n) is 1.95. The number of nitrogens with two attached hydrogens (primary N) is 1. The molecule has 1 aromatic carbocycles. The van der Waals surface area contributed by atoms with Crippen molar-refractivity contribution in [3.63, 3.8) is 0 Å². The van der Waals surface area contributed by atoms with Gasteiger partial charge >= 0.3 is 0 Å². The second-order valence-corrected chi connectivity index (χ2v) is 5.55. The van der Waals surface area contributed by atoms with Crippen molar-refractivity contribution in [1.29, 1.82) is 0 Å². The van der Waals surface area contributed by atoms with Crippen LogP contribution < -0.4 is 10.6 Å². The first-order chi connectivity index (χ1) is 10.2. The molecule has 21 heavy (non-hydrogen) atoms. The van der Waals surface area contributed by atoms with E-state index < -0.39 is 0 Å². The molecular weight excluding hydrogens is 288 g/mol. The standard InChI is InChI=1S/C14H20N4O2S/c1-10-8-11(4-5-12(10)20-3)9-21-14-17-16-13(18(14)15)6-7-19-2/h4-5,8H,6-7,9,15H2,1-3H3. The van der Waals surface area contributed by atoms with Crippen LogP contribution in [0.2, 0.25) is 0 Å². The molecule has 1 aromatic heterocycles. The molecule has 0 amide bonds. The average molecular weight is 308 g/mol. The summed E-state index contributed by atoms with van der Waals surface area (Å²) in [6.07, 6.45) is 0.655. The van der Waals surface area contributed by atoms with Gasteiger partial charge in [-0.2, -0.15) is 0 Å². The Labute approximate surface area is 128 Å². The van der Waals surface area contributed by atoms with Crippen molar-refractivity contribution in [3.8, 4) is 5.75 Å². The lowest BCUT2D eigenvalue weighted by Crippen LogP contribution is -2.15. The normalized spacial score (nSPS) is 10.8. The summed E-state index contributed by atoms with van der Waals surface area (Å²) in [7, 11) is 3.33. The fraction of sp³-hybridized carbons (Fsp3) is 0.429. The highest BCUT2D eigenvalue weighted by Crippen LogP contribution is 2.24. The molecule has 0 aliphatic heterocycles. The van der Waals surface area contributed by atoms with E-state index in [1.165, 1.54) is 10.2 Å². The summed E-state index contributed by atoms with van der Waals surface area (Å²) in [6.45, 7) is 2.61. The first-order valence-electron chi connectivity index (χ1n) is 6.60. The Hall–Kier alpha value is -1.73. The number of hydrogen-bond donors (Lipinski definition) is 1. The van der Waals surface area contributed by atoms with Gasteiger partial charge in [-0.05, 0) is 24.1 Å². The second-order valence-electron chi connectivity index (χ2n) is 4.60. The minimum Gasteiger partial charge on any atom is -0.496 e. The quantitative estimate of drug-likeness (QED) is 0.621. The summed E-state index contributed by atoms with van der Waals surface area (Å²) in [6, 6.07) is 6.12. The highest BCUT2D eigenvalue weighted by molar-refractivity contribution is 7.98. The molecule has 0 spiro atoms. The van der Waals surface area contributed by atoms with Crippen LogP contribution in [0, 0.1) is 6.92 Å². The van der Waals surface area contributed by atoms with E-state index in [0.29, 0.717) is 18.2 Å². The summed E-state index contributed by atoms with van der Waals surface area (Å²) in [5.41, 5.74) is 2.31. The Morgan fingerprint density at radius 3 is 2.76 bits per heavy atom. The number of thioether (sulfide) groups is 1. The first-order valence-corrected chi connectivity index (χ1v) is 7.59. The molecule has 114 valence electrons. The third kappa shape index (κ3) is 3.89. The minimum atomic E-state index is 0.581. The predicted molar refractivity (Wildman–Crippen MR) is 83.0 cm³/mol. The highest BCUT2D eigenvalue weighted by Gasteiger charge is 2.10. The van der Waals surface area contributed by atoms with Gasteiger partial charge in [-0.15, -0.1) is 10.2 Å². The summed E-state index contributed by atoms with van der Waals surface area (Å²) in [5, 5.41) is 8.89. The number of benzene rings is 1. The lowest BCUT2D eigenvalue weighted by Gasteiger charge is -2.07. The Bertz CT molecular complexity index is 601. The molecule has 0 bridgehead atoms. The third-order valence-electron chi connectivity index (χ3n) is 3.09. The molecule has 0 aliphatic rings. The molecule has 0 unspecified atom stereocenters. The van der Waals surface area contributed by atoms with Gasteiger partial charge in [-0.1, -0.05) is 23.9 Å². The maximum absolute atomic E-state index is 5.98. The van der Waals surface area contributed by atoms with Gasteiger partial charge in [0, 0.05) is 19.3 Å². The molecule has 0 fully saturated rings. The van der Waals surface area contributed by atoms with Crippen LogP contribution in [0.3, 0.4) is 0 Å². The van der Waals surface area contributed by atoms with Crippen molar-refractivity contribution in [3.05, 3.63) is 35.2 Å². The van der Waals surface area contributed by atoms with Gasteiger partial charge in [0.2, 0.25) is 5.16 Å². The molecular formula is C14H20N4O2S. The molecule has 1 heterocycles. The van der Waals surface area contributed by atoms with Gasteiger partial charge in [0.15, 0.2) is 5.82 Å². The van der Waals surface area contributed by atoms with Gasteiger partial charge < -0.3 is 15.3 Å². The lowest BCUT2D eigenvalue weighted by molar-refractivity contribution is 0.200. The van der Waals surface area contributed by atoms with Gasteiger partial charge in [0.05, 0.1) is 13.7 Å². The Kier molecular flexibility index (Phi) is 5.46. The molecule has 0 saturated heterocycles. The van der Waals surface area contributed by atoms with E-state index in [1.54, 1.807) is 26.0 Å². The van der Waals surface area contributed by atoms with Crippen LogP contribution in [0.4, 0.5) is 0 Å². The summed E-state index contributed by atoms with van der Waals surface area (Å²) in [4.78, 5) is 0. The third-order valence-corrected chi connectivity index (χ3v) is 4.11. The Morgan fingerprint density at radius 1 is 1.29 bits per heavy atom. The van der Waals surface area contributed by atoms with E-state index in [9.17, 15) is 0 Å². The number of nitrogens with zero attached hydrogens (tertiary/aromatic N) is 3. The molecule has 0 saturated carbocycles. The molecule has 2 N–H and O–H groups in total. The summed E-state index contributed by atoms with van der Waals surface area (Å²) in [5.74, 6) is 8.38. The molecule has 7 heteroatoms. The zero-order valence-corrected chi connectivity index (χ0v) is 13.3. The van der Waals surface area contributed by atoms with Crippen molar-refractivity contribution in [2.45, 2.75) is 24.3 Å². The topological polar surface area (TPSA) is 75.2 Å². The van der Waals surface area contributed by atoms with Crippen LogP contribution in [0.1, 0.15) is 17.0 Å². The molecule has 2 rings (SSSR count). The zero-order valence-electron chi connectivity index (χ0n) is 12.5. The second kappa shape index (κ2) is 7.33. The maximum Gasteiger partial charge on any atom is 0.210 e. The summed E-state index contributed by atoms with van der Waals surface area (Å²) < 4.78 is 11.8. The van der Waals surface area contributed by atoms with Crippen LogP contribution in [0.5, 0.6) is 5.75 Å². The molecule has 0 radical (unpaired) electrons. The average Bonchev–Trinajstić information content (AvgIpc) is 2.83. The van der Waals surface area contributed by atoms with E-state index in [1.807, 2.05) is 19.1 Å². The van der Waals surface area contributed by atoms with E-state index in [-0.39, 0.29) is 0 Å². The zero-order chi connectivity index (χ0) is 15.2. The maximum atomic E-state index is 5.98. The van der Waals surface area contributed by atoms with Gasteiger partial charge in [0.1, 0.15) is 5.75 Å². The van der Waals surface area contributed by atoms with Crippen LogP contribution in [-0.4, -0.2) is 35.7 Å². The smallest absolute Gasteiger partial charge is 0.210 e. The Morgan fingerprint density at radius 2 is 2.10 bits per heavy atom. The largest absolute Gasteiger partial charge is 0.496 e. The van der Waals surface area contributed by atoms with Crippen LogP contribution in [-0.2, 0) is 16.9 Å². The highest BCUT2D eigenvalue weighted by atomic mass is 32.2. The fourth-order valence-corrected chi connectivity index (χ4v) is 2.77. The van der Waals surface area contributed by atoms with Gasteiger partial charge in [-0.3, -0.25) is 0 Å². The van der Waals surface area contributed by atoms with Crippen LogP contribution in [0.25, 0.3) is 0 Å². The van der Waals surface area contributed by atoms with Crippen LogP contribution >= 0.6 is 11.8 Å². The van der Waals surface area contributed by atoms with Crippen molar-refractivity contribution in [2.24, 2.45) is 0 Å². The number of nitrogen functional groups attached to an aromatic ring is 1. The van der Waals surface area contributed by atoms with E-state index in [0.717, 1.165) is 22.9 Å². The Balaban J connectivity index is 2.00. The molecule has 6 nitrogen and oxygen atoms in total.